The van der Waals surface area contributed by atoms with Crippen LogP contribution in [-0.4, -0.2) is 10.1 Å². The minimum absolute atomic E-state index is 0.0589. The van der Waals surface area contributed by atoms with Gasteiger partial charge in [-0.3, -0.25) is 0 Å². The molecule has 0 aliphatic rings. The predicted octanol–water partition coefficient (Wildman–Crippen LogP) is 2.63. The van der Waals surface area contributed by atoms with Gasteiger partial charge in [-0.1, -0.05) is 22.8 Å². The maximum Gasteiger partial charge on any atom is 0.223 e. The zero-order chi connectivity index (χ0) is 13.1. The molecule has 1 heterocycles. The average molecular weight is 268 g/mol. The molecule has 1 aromatic heterocycles. The monoisotopic (exact) mass is 267 g/mol. The van der Waals surface area contributed by atoms with Crippen molar-refractivity contribution in [3.8, 4) is 5.75 Å². The SMILES string of the molecule is Cc1nc(COc2ccc(C(C)N)cc2Cl)no1. The fraction of sp³-hybridized carbons (Fsp3) is 0.333. The second kappa shape index (κ2) is 5.37. The Labute approximate surface area is 110 Å². The Bertz CT molecular complexity index is 540. The van der Waals surface area contributed by atoms with Crippen LogP contribution in [-0.2, 0) is 6.61 Å². The molecule has 0 bridgehead atoms. The summed E-state index contributed by atoms with van der Waals surface area (Å²) in [5.41, 5.74) is 6.73. The molecule has 2 aromatic rings. The Balaban J connectivity index is 2.05. The Morgan fingerprint density at radius 2 is 2.28 bits per heavy atom. The van der Waals surface area contributed by atoms with Gasteiger partial charge in [0.2, 0.25) is 11.7 Å². The van der Waals surface area contributed by atoms with Crippen molar-refractivity contribution in [1.29, 1.82) is 0 Å². The Morgan fingerprint density at radius 1 is 1.50 bits per heavy atom. The largest absolute Gasteiger partial charge is 0.484 e. The van der Waals surface area contributed by atoms with Crippen molar-refractivity contribution in [2.45, 2.75) is 26.5 Å². The van der Waals surface area contributed by atoms with E-state index in [1.54, 1.807) is 19.1 Å². The van der Waals surface area contributed by atoms with Gasteiger partial charge in [0.1, 0.15) is 5.75 Å². The van der Waals surface area contributed by atoms with E-state index in [-0.39, 0.29) is 12.6 Å². The van der Waals surface area contributed by atoms with Gasteiger partial charge in [0.05, 0.1) is 5.02 Å². The summed E-state index contributed by atoms with van der Waals surface area (Å²) in [5, 5.41) is 4.25. The van der Waals surface area contributed by atoms with Crippen molar-refractivity contribution >= 4 is 11.6 Å². The fourth-order valence-corrected chi connectivity index (χ4v) is 1.70. The van der Waals surface area contributed by atoms with Crippen molar-refractivity contribution in [3.63, 3.8) is 0 Å². The number of aryl methyl sites for hydroxylation is 1. The van der Waals surface area contributed by atoms with E-state index in [1.165, 1.54) is 0 Å². The van der Waals surface area contributed by atoms with E-state index < -0.39 is 0 Å². The predicted molar refractivity (Wildman–Crippen MR) is 67.4 cm³/mol. The minimum Gasteiger partial charge on any atom is -0.484 e. The summed E-state index contributed by atoms with van der Waals surface area (Å²) in [7, 11) is 0. The zero-order valence-electron chi connectivity index (χ0n) is 10.2. The molecule has 1 atom stereocenters. The maximum absolute atomic E-state index is 6.10. The van der Waals surface area contributed by atoms with Gasteiger partial charge >= 0.3 is 0 Å². The van der Waals surface area contributed by atoms with E-state index in [9.17, 15) is 0 Å². The first-order chi connectivity index (χ1) is 8.56. The van der Waals surface area contributed by atoms with Gasteiger partial charge < -0.3 is 15.0 Å². The first-order valence-corrected chi connectivity index (χ1v) is 5.91. The van der Waals surface area contributed by atoms with Crippen LogP contribution in [0.2, 0.25) is 5.02 Å². The topological polar surface area (TPSA) is 74.2 Å². The molecule has 2 N–H and O–H groups in total. The van der Waals surface area contributed by atoms with Crippen LogP contribution < -0.4 is 10.5 Å². The molecule has 0 aliphatic carbocycles. The van der Waals surface area contributed by atoms with Gasteiger partial charge in [-0.15, -0.1) is 0 Å². The van der Waals surface area contributed by atoms with Gasteiger partial charge in [0.25, 0.3) is 0 Å². The minimum atomic E-state index is -0.0589. The van der Waals surface area contributed by atoms with Crippen molar-refractivity contribution in [2.75, 3.05) is 0 Å². The lowest BCUT2D eigenvalue weighted by atomic mass is 10.1. The van der Waals surface area contributed by atoms with E-state index in [4.69, 9.17) is 26.6 Å². The molecule has 0 aliphatic heterocycles. The third kappa shape index (κ3) is 3.00. The normalized spacial score (nSPS) is 12.4. The van der Waals surface area contributed by atoms with Crippen LogP contribution in [0, 0.1) is 6.92 Å². The summed E-state index contributed by atoms with van der Waals surface area (Å²) in [6, 6.07) is 5.40. The highest BCUT2D eigenvalue weighted by Crippen LogP contribution is 2.27. The van der Waals surface area contributed by atoms with Gasteiger partial charge in [-0.25, -0.2) is 0 Å². The van der Waals surface area contributed by atoms with Crippen molar-refractivity contribution in [3.05, 3.63) is 40.5 Å². The summed E-state index contributed by atoms with van der Waals surface area (Å²) in [6.45, 7) is 3.84. The number of aromatic nitrogens is 2. The Morgan fingerprint density at radius 3 is 2.83 bits per heavy atom. The Kier molecular flexibility index (Phi) is 3.84. The molecule has 6 heteroatoms. The van der Waals surface area contributed by atoms with Crippen molar-refractivity contribution in [1.82, 2.24) is 10.1 Å². The summed E-state index contributed by atoms with van der Waals surface area (Å²) >= 11 is 6.10. The lowest BCUT2D eigenvalue weighted by molar-refractivity contribution is 0.286. The van der Waals surface area contributed by atoms with E-state index in [1.807, 2.05) is 13.0 Å². The van der Waals surface area contributed by atoms with E-state index in [2.05, 4.69) is 10.1 Å². The van der Waals surface area contributed by atoms with Crippen molar-refractivity contribution in [2.24, 2.45) is 5.73 Å². The van der Waals surface area contributed by atoms with Crippen LogP contribution in [0.15, 0.2) is 22.7 Å². The fourth-order valence-electron chi connectivity index (χ4n) is 1.46. The number of benzene rings is 1. The third-order valence-corrected chi connectivity index (χ3v) is 2.70. The van der Waals surface area contributed by atoms with Crippen LogP contribution in [0.1, 0.15) is 30.2 Å². The molecule has 0 radical (unpaired) electrons. The van der Waals surface area contributed by atoms with Crippen LogP contribution in [0.5, 0.6) is 5.75 Å². The van der Waals surface area contributed by atoms with Gasteiger partial charge in [-0.2, -0.15) is 4.98 Å². The smallest absolute Gasteiger partial charge is 0.223 e. The maximum atomic E-state index is 6.10. The highest BCUT2D eigenvalue weighted by molar-refractivity contribution is 6.32. The van der Waals surface area contributed by atoms with E-state index in [0.29, 0.717) is 22.5 Å². The molecule has 5 nitrogen and oxygen atoms in total. The van der Waals surface area contributed by atoms with Crippen LogP contribution in [0.3, 0.4) is 0 Å². The number of rotatable bonds is 4. The second-order valence-corrected chi connectivity index (χ2v) is 4.40. The molecule has 0 spiro atoms. The second-order valence-electron chi connectivity index (χ2n) is 4.00. The standard InChI is InChI=1S/C12H14ClN3O2/c1-7(14)9-3-4-11(10(13)5-9)17-6-12-15-8(2)18-16-12/h3-5,7H,6,14H2,1-2H3. The zero-order valence-corrected chi connectivity index (χ0v) is 10.9. The first kappa shape index (κ1) is 12.9. The lowest BCUT2D eigenvalue weighted by Crippen LogP contribution is -2.05. The molecule has 96 valence electrons. The summed E-state index contributed by atoms with van der Waals surface area (Å²) in [5.74, 6) is 1.57. The number of nitrogens with zero attached hydrogens (tertiary/aromatic N) is 2. The molecular formula is C12H14ClN3O2. The molecule has 0 amide bonds. The molecule has 0 saturated carbocycles. The number of ether oxygens (including phenoxy) is 1. The van der Waals surface area contributed by atoms with Crippen LogP contribution in [0.25, 0.3) is 0 Å². The van der Waals surface area contributed by atoms with Gasteiger partial charge in [0.15, 0.2) is 6.61 Å². The third-order valence-electron chi connectivity index (χ3n) is 2.41. The molecule has 0 fully saturated rings. The van der Waals surface area contributed by atoms with Crippen LogP contribution >= 0.6 is 11.6 Å². The molecular weight excluding hydrogens is 254 g/mol. The molecule has 2 rings (SSSR count). The molecule has 0 saturated heterocycles. The molecule has 1 aromatic carbocycles. The van der Waals surface area contributed by atoms with E-state index >= 15 is 0 Å². The van der Waals surface area contributed by atoms with Gasteiger partial charge in [0, 0.05) is 13.0 Å². The molecule has 1 unspecified atom stereocenters. The average Bonchev–Trinajstić information content (AvgIpc) is 2.73. The number of hydrogen-bond acceptors (Lipinski definition) is 5. The summed E-state index contributed by atoms with van der Waals surface area (Å²) < 4.78 is 10.4. The number of nitrogens with two attached hydrogens (primary N) is 1. The Hall–Kier alpha value is -1.59. The van der Waals surface area contributed by atoms with Crippen molar-refractivity contribution < 1.29 is 9.26 Å². The highest BCUT2D eigenvalue weighted by Gasteiger charge is 2.08. The highest BCUT2D eigenvalue weighted by atomic mass is 35.5. The summed E-state index contributed by atoms with van der Waals surface area (Å²) in [4.78, 5) is 4.04. The quantitative estimate of drug-likeness (QED) is 0.922. The number of halogens is 1. The first-order valence-electron chi connectivity index (χ1n) is 5.53. The summed E-state index contributed by atoms with van der Waals surface area (Å²) in [6.07, 6.45) is 0. The van der Waals surface area contributed by atoms with Crippen LogP contribution in [0.4, 0.5) is 0 Å². The lowest BCUT2D eigenvalue weighted by Gasteiger charge is -2.09. The van der Waals surface area contributed by atoms with Gasteiger partial charge in [-0.05, 0) is 24.6 Å². The van der Waals surface area contributed by atoms with E-state index in [0.717, 1.165) is 5.56 Å². The molecule has 18 heavy (non-hydrogen) atoms. The number of hydrogen-bond donors (Lipinski definition) is 1.